The Hall–Kier alpha value is -1.93. The van der Waals surface area contributed by atoms with Gasteiger partial charge in [-0.25, -0.2) is 9.78 Å². The number of nitrogens with one attached hydrogen (secondary N) is 2. The van der Waals surface area contributed by atoms with Crippen molar-refractivity contribution in [3.8, 4) is 0 Å². The summed E-state index contributed by atoms with van der Waals surface area (Å²) in [5.74, 6) is 0.0511. The molecule has 0 atom stereocenters. The summed E-state index contributed by atoms with van der Waals surface area (Å²) < 4.78 is 1.65. The summed E-state index contributed by atoms with van der Waals surface area (Å²) in [6, 6.07) is 0. The second-order valence-corrected chi connectivity index (χ2v) is 4.39. The lowest BCUT2D eigenvalue weighted by atomic mass is 10.0. The van der Waals surface area contributed by atoms with E-state index < -0.39 is 11.2 Å². The van der Waals surface area contributed by atoms with Gasteiger partial charge in [0, 0.05) is 19.8 Å². The quantitative estimate of drug-likeness (QED) is 0.523. The Bertz CT molecular complexity index is 650. The number of hydrogen-bond acceptors (Lipinski definition) is 5. The Labute approximate surface area is 107 Å². The van der Waals surface area contributed by atoms with Gasteiger partial charge in [0.2, 0.25) is 0 Å². The van der Waals surface area contributed by atoms with Crippen molar-refractivity contribution >= 4 is 11.2 Å². The average Bonchev–Trinajstić information content (AvgIpc) is 2.73. The molecule has 0 spiro atoms. The molecule has 0 fully saturated rings. The van der Waals surface area contributed by atoms with E-state index in [9.17, 15) is 9.59 Å². The molecule has 0 aliphatic rings. The predicted octanol–water partition coefficient (Wildman–Crippen LogP) is -1.21. The molecule has 0 aliphatic carbocycles. The fourth-order valence-electron chi connectivity index (χ4n) is 2.09. The zero-order valence-corrected chi connectivity index (χ0v) is 10.3. The molecule has 0 amide bonds. The maximum Gasteiger partial charge on any atom is 0.327 e. The minimum absolute atomic E-state index is 0.0222. The van der Waals surface area contributed by atoms with Crippen molar-refractivity contribution in [3.63, 3.8) is 0 Å². The second-order valence-electron chi connectivity index (χ2n) is 4.39. The maximum absolute atomic E-state index is 11.5. The number of H-pyrrole nitrogens is 2. The number of aromatic amines is 2. The zero-order chi connectivity index (χ0) is 13.8. The Morgan fingerprint density at radius 2 is 1.89 bits per heavy atom. The van der Waals surface area contributed by atoms with Crippen molar-refractivity contribution in [1.82, 2.24) is 19.5 Å². The van der Waals surface area contributed by atoms with Gasteiger partial charge < -0.3 is 14.8 Å². The molecular formula is C11H16N4O4. The van der Waals surface area contributed by atoms with Crippen molar-refractivity contribution in [2.24, 2.45) is 5.92 Å². The molecule has 0 aliphatic heterocycles. The third-order valence-corrected chi connectivity index (χ3v) is 3.04. The van der Waals surface area contributed by atoms with Crippen molar-refractivity contribution in [2.75, 3.05) is 13.2 Å². The Morgan fingerprint density at radius 3 is 2.53 bits per heavy atom. The number of rotatable bonds is 6. The zero-order valence-electron chi connectivity index (χ0n) is 10.3. The van der Waals surface area contributed by atoms with Gasteiger partial charge in [0.25, 0.3) is 5.56 Å². The molecule has 0 saturated carbocycles. The number of fused-ring (bicyclic) bond motifs is 1. The highest BCUT2D eigenvalue weighted by Gasteiger charge is 2.13. The molecule has 4 N–H and O–H groups in total. The van der Waals surface area contributed by atoms with Crippen LogP contribution >= 0.6 is 0 Å². The first-order valence-corrected chi connectivity index (χ1v) is 6.05. The first-order chi connectivity index (χ1) is 9.15. The maximum atomic E-state index is 11.5. The number of imidazole rings is 1. The minimum Gasteiger partial charge on any atom is -0.396 e. The molecule has 0 saturated heterocycles. The van der Waals surface area contributed by atoms with Gasteiger partial charge in [-0.2, -0.15) is 0 Å². The van der Waals surface area contributed by atoms with Crippen LogP contribution < -0.4 is 11.2 Å². The van der Waals surface area contributed by atoms with Gasteiger partial charge >= 0.3 is 5.69 Å². The van der Waals surface area contributed by atoms with Crippen LogP contribution in [-0.4, -0.2) is 42.9 Å². The molecule has 19 heavy (non-hydrogen) atoms. The summed E-state index contributed by atoms with van der Waals surface area (Å²) in [4.78, 5) is 31.4. The van der Waals surface area contributed by atoms with Gasteiger partial charge in [-0.1, -0.05) is 0 Å². The molecule has 8 nitrogen and oxygen atoms in total. The Balaban J connectivity index is 2.34. The monoisotopic (exact) mass is 268 g/mol. The highest BCUT2D eigenvalue weighted by molar-refractivity contribution is 5.68. The van der Waals surface area contributed by atoms with Crippen molar-refractivity contribution in [2.45, 2.75) is 19.4 Å². The standard InChI is InChI=1S/C11H16N4O4/c16-3-1-7(2-4-17)5-15-6-12-8-9(15)13-11(19)14-10(8)18/h6-7,16-17H,1-5H2,(H2,13,14,18,19). The van der Waals surface area contributed by atoms with E-state index in [4.69, 9.17) is 10.2 Å². The largest absolute Gasteiger partial charge is 0.396 e. The molecule has 0 bridgehead atoms. The fraction of sp³-hybridized carbons (Fsp3) is 0.545. The van der Waals surface area contributed by atoms with Gasteiger partial charge in [0.1, 0.15) is 5.65 Å². The summed E-state index contributed by atoms with van der Waals surface area (Å²) in [5.41, 5.74) is -0.584. The summed E-state index contributed by atoms with van der Waals surface area (Å²) in [5, 5.41) is 17.9. The van der Waals surface area contributed by atoms with Crippen LogP contribution in [0.4, 0.5) is 0 Å². The van der Waals surface area contributed by atoms with Gasteiger partial charge in [0.05, 0.1) is 6.33 Å². The van der Waals surface area contributed by atoms with E-state index in [1.165, 1.54) is 6.33 Å². The summed E-state index contributed by atoms with van der Waals surface area (Å²) in [6.07, 6.45) is 2.54. The summed E-state index contributed by atoms with van der Waals surface area (Å²) in [6.45, 7) is 0.514. The van der Waals surface area contributed by atoms with Gasteiger partial charge in [-0.3, -0.25) is 14.8 Å². The predicted molar refractivity (Wildman–Crippen MR) is 67.9 cm³/mol. The van der Waals surface area contributed by atoms with Crippen molar-refractivity contribution < 1.29 is 10.2 Å². The third-order valence-electron chi connectivity index (χ3n) is 3.04. The lowest BCUT2D eigenvalue weighted by Crippen LogP contribution is -2.23. The molecule has 104 valence electrons. The normalized spacial score (nSPS) is 11.5. The van der Waals surface area contributed by atoms with Crippen LogP contribution in [0.5, 0.6) is 0 Å². The number of aliphatic hydroxyl groups excluding tert-OH is 2. The number of aromatic nitrogens is 4. The number of aliphatic hydroxyl groups is 2. The molecule has 2 aromatic rings. The van der Waals surface area contributed by atoms with E-state index in [2.05, 4.69) is 15.0 Å². The molecule has 2 heterocycles. The van der Waals surface area contributed by atoms with Gasteiger partial charge in [0.15, 0.2) is 5.52 Å². The Morgan fingerprint density at radius 1 is 1.21 bits per heavy atom. The van der Waals surface area contributed by atoms with Crippen LogP contribution in [0.15, 0.2) is 15.9 Å². The Kier molecular flexibility index (Phi) is 4.13. The van der Waals surface area contributed by atoms with Crippen LogP contribution in [0, 0.1) is 5.92 Å². The highest BCUT2D eigenvalue weighted by Crippen LogP contribution is 2.13. The van der Waals surface area contributed by atoms with Gasteiger partial charge in [-0.15, -0.1) is 0 Å². The van der Waals surface area contributed by atoms with Crippen LogP contribution in [0.1, 0.15) is 12.8 Å². The first kappa shape index (κ1) is 13.5. The third kappa shape index (κ3) is 2.91. The van der Waals surface area contributed by atoms with E-state index in [1.807, 2.05) is 0 Å². The first-order valence-electron chi connectivity index (χ1n) is 6.05. The molecule has 2 aromatic heterocycles. The summed E-state index contributed by atoms with van der Waals surface area (Å²) >= 11 is 0. The molecule has 8 heteroatoms. The fourth-order valence-corrected chi connectivity index (χ4v) is 2.09. The number of hydrogen-bond donors (Lipinski definition) is 4. The van der Waals surface area contributed by atoms with E-state index in [0.29, 0.717) is 25.0 Å². The van der Waals surface area contributed by atoms with Crippen LogP contribution in [0.2, 0.25) is 0 Å². The second kappa shape index (κ2) is 5.81. The van der Waals surface area contributed by atoms with E-state index >= 15 is 0 Å². The molecule has 2 rings (SSSR count). The SMILES string of the molecule is O=c1[nH]c(=O)c2ncn(CC(CCO)CCO)c2[nH]1. The van der Waals surface area contributed by atoms with E-state index in [1.54, 1.807) is 4.57 Å². The van der Waals surface area contributed by atoms with Crippen LogP contribution in [0.3, 0.4) is 0 Å². The van der Waals surface area contributed by atoms with Crippen molar-refractivity contribution in [1.29, 1.82) is 0 Å². The molecule has 0 unspecified atom stereocenters. The smallest absolute Gasteiger partial charge is 0.327 e. The van der Waals surface area contributed by atoms with E-state index in [-0.39, 0.29) is 24.6 Å². The topological polar surface area (TPSA) is 124 Å². The summed E-state index contributed by atoms with van der Waals surface area (Å²) in [7, 11) is 0. The van der Waals surface area contributed by atoms with Gasteiger partial charge in [-0.05, 0) is 18.8 Å². The minimum atomic E-state index is -0.583. The average molecular weight is 268 g/mol. The van der Waals surface area contributed by atoms with Crippen molar-refractivity contribution in [3.05, 3.63) is 27.2 Å². The van der Waals surface area contributed by atoms with E-state index in [0.717, 1.165) is 0 Å². The molecule has 0 aromatic carbocycles. The lowest BCUT2D eigenvalue weighted by molar-refractivity contribution is 0.205. The molecule has 0 radical (unpaired) electrons. The lowest BCUT2D eigenvalue weighted by Gasteiger charge is -2.15. The van der Waals surface area contributed by atoms with Crippen LogP contribution in [-0.2, 0) is 6.54 Å². The van der Waals surface area contributed by atoms with Crippen LogP contribution in [0.25, 0.3) is 11.2 Å². The number of nitrogens with zero attached hydrogens (tertiary/aromatic N) is 2. The highest BCUT2D eigenvalue weighted by atomic mass is 16.3. The molecular weight excluding hydrogens is 252 g/mol.